The number of benzene rings is 3. The van der Waals surface area contributed by atoms with Gasteiger partial charge in [-0.05, 0) is 24.1 Å². The fourth-order valence-corrected chi connectivity index (χ4v) is 3.92. The van der Waals surface area contributed by atoms with Crippen LogP contribution in [0, 0.1) is 0 Å². The molecule has 1 N–H and O–H groups in total. The van der Waals surface area contributed by atoms with Crippen LogP contribution in [-0.4, -0.2) is 23.6 Å². The van der Waals surface area contributed by atoms with Crippen LogP contribution in [0.3, 0.4) is 0 Å². The number of hydrogen-bond acceptors (Lipinski definition) is 4. The Labute approximate surface area is 193 Å². The highest BCUT2D eigenvalue weighted by atomic mass is 16.5. The first-order valence-electron chi connectivity index (χ1n) is 10.9. The van der Waals surface area contributed by atoms with Crippen molar-refractivity contribution in [2.24, 2.45) is 0 Å². The van der Waals surface area contributed by atoms with Gasteiger partial charge in [0, 0.05) is 18.1 Å². The van der Waals surface area contributed by atoms with Crippen molar-refractivity contribution >= 4 is 17.6 Å². The van der Waals surface area contributed by atoms with Gasteiger partial charge in [-0.1, -0.05) is 78.9 Å². The van der Waals surface area contributed by atoms with Crippen LogP contribution in [0.2, 0.25) is 0 Å². The lowest BCUT2D eigenvalue weighted by Crippen LogP contribution is -2.38. The molecule has 166 valence electrons. The first kappa shape index (κ1) is 22.3. The molecule has 0 saturated carbocycles. The first-order chi connectivity index (χ1) is 16.0. The number of aliphatic hydroxyl groups is 1. The number of amides is 1. The molecule has 1 aliphatic heterocycles. The Bertz CT molecular complexity index is 1210. The Balaban J connectivity index is 1.74. The zero-order chi connectivity index (χ0) is 23.3. The topological polar surface area (TPSA) is 66.8 Å². The summed E-state index contributed by atoms with van der Waals surface area (Å²) in [6.45, 7) is 2.27. The van der Waals surface area contributed by atoms with E-state index in [-0.39, 0.29) is 18.6 Å². The smallest absolute Gasteiger partial charge is 0.342 e. The summed E-state index contributed by atoms with van der Waals surface area (Å²) < 4.78 is 5.19. The zero-order valence-corrected chi connectivity index (χ0v) is 18.4. The maximum atomic E-state index is 13.4. The normalized spacial score (nSPS) is 16.7. The molecule has 1 amide bonds. The van der Waals surface area contributed by atoms with Crippen molar-refractivity contribution in [1.29, 1.82) is 0 Å². The Kier molecular flexibility index (Phi) is 6.55. The second kappa shape index (κ2) is 9.70. The molecule has 0 aliphatic carbocycles. The van der Waals surface area contributed by atoms with E-state index in [1.807, 2.05) is 72.8 Å². The van der Waals surface area contributed by atoms with E-state index >= 15 is 0 Å². The molecule has 3 aromatic carbocycles. The van der Waals surface area contributed by atoms with Gasteiger partial charge < -0.3 is 14.7 Å². The summed E-state index contributed by atoms with van der Waals surface area (Å²) in [6, 6.07) is 26.2. The second-order valence-electron chi connectivity index (χ2n) is 7.81. The molecule has 1 unspecified atom stereocenters. The molecule has 5 nitrogen and oxygen atoms in total. The third-order valence-corrected chi connectivity index (χ3v) is 5.56. The number of nitrogens with zero attached hydrogens (tertiary/aromatic N) is 1. The van der Waals surface area contributed by atoms with Crippen LogP contribution in [0.1, 0.15) is 23.6 Å². The van der Waals surface area contributed by atoms with Crippen molar-refractivity contribution < 1.29 is 19.4 Å². The summed E-state index contributed by atoms with van der Waals surface area (Å²) in [6.07, 6.45) is 1.56. The Morgan fingerprint density at radius 2 is 1.58 bits per heavy atom. The van der Waals surface area contributed by atoms with Crippen molar-refractivity contribution in [3.63, 3.8) is 0 Å². The minimum absolute atomic E-state index is 0.218. The van der Waals surface area contributed by atoms with Gasteiger partial charge >= 0.3 is 5.97 Å². The number of esters is 1. The maximum Gasteiger partial charge on any atom is 0.342 e. The molecule has 0 aromatic heterocycles. The first-order valence-corrected chi connectivity index (χ1v) is 10.9. The van der Waals surface area contributed by atoms with Crippen LogP contribution in [0.4, 0.5) is 5.69 Å². The van der Waals surface area contributed by atoms with Gasteiger partial charge in [-0.3, -0.25) is 4.79 Å². The molecular weight excluding hydrogens is 414 g/mol. The fraction of sp³-hybridized carbons (Fsp3) is 0.179. The fourth-order valence-electron chi connectivity index (χ4n) is 3.92. The number of carbonyl (C=O) groups excluding carboxylic acids is 2. The summed E-state index contributed by atoms with van der Waals surface area (Å²) in [4.78, 5) is 27.6. The molecule has 4 rings (SSSR count). The third-order valence-electron chi connectivity index (χ3n) is 5.56. The maximum absolute atomic E-state index is 13.4. The number of rotatable bonds is 7. The number of hydrogen-bond donors (Lipinski definition) is 1. The van der Waals surface area contributed by atoms with Gasteiger partial charge in [0.1, 0.15) is 0 Å². The van der Waals surface area contributed by atoms with Crippen molar-refractivity contribution in [1.82, 2.24) is 0 Å². The summed E-state index contributed by atoms with van der Waals surface area (Å²) in [5.74, 6) is -1.01. The summed E-state index contributed by atoms with van der Waals surface area (Å²) in [7, 11) is 0. The molecule has 5 heteroatoms. The Morgan fingerprint density at radius 3 is 2.24 bits per heavy atom. The number of ether oxygens (including phenoxy) is 1. The highest BCUT2D eigenvalue weighted by Crippen LogP contribution is 2.41. The van der Waals surface area contributed by atoms with Gasteiger partial charge in [0.25, 0.3) is 5.91 Å². The molecular formula is C28H25NO4. The van der Waals surface area contributed by atoms with Crippen LogP contribution in [0.15, 0.2) is 102 Å². The number of fused-ring (bicyclic) bond motifs is 1. The summed E-state index contributed by atoms with van der Waals surface area (Å²) >= 11 is 0. The zero-order valence-electron chi connectivity index (χ0n) is 18.4. The van der Waals surface area contributed by atoms with Crippen LogP contribution in [-0.2, 0) is 32.9 Å². The third kappa shape index (κ3) is 4.65. The van der Waals surface area contributed by atoms with Crippen LogP contribution in [0.25, 0.3) is 0 Å². The molecule has 0 fully saturated rings. The number of carbonyl (C=O) groups is 2. The van der Waals surface area contributed by atoms with E-state index in [9.17, 15) is 14.7 Å². The van der Waals surface area contributed by atoms with Gasteiger partial charge in [0.2, 0.25) is 0 Å². The lowest BCUT2D eigenvalue weighted by molar-refractivity contribution is -0.138. The molecule has 0 bridgehead atoms. The molecule has 1 heterocycles. The van der Waals surface area contributed by atoms with E-state index in [4.69, 9.17) is 4.74 Å². The van der Waals surface area contributed by atoms with E-state index in [1.54, 1.807) is 24.0 Å². The second-order valence-corrected chi connectivity index (χ2v) is 7.81. The van der Waals surface area contributed by atoms with Crippen LogP contribution in [0.5, 0.6) is 0 Å². The standard InChI is InChI=1S/C28H25NO4/c1-2-33-26(30)23(19-21-11-5-3-6-12-21)17-18-28(32)24-15-9-10-16-25(24)29(27(28)31)20-22-13-7-4-8-14-22/h3-16,18,32H,2,19-20H2,1H3. The Hall–Kier alpha value is -3.92. The molecule has 0 spiro atoms. The predicted molar refractivity (Wildman–Crippen MR) is 126 cm³/mol. The lowest BCUT2D eigenvalue weighted by atomic mass is 9.94. The molecule has 0 saturated heterocycles. The van der Waals surface area contributed by atoms with Crippen LogP contribution < -0.4 is 4.90 Å². The van der Waals surface area contributed by atoms with Gasteiger partial charge in [-0.2, -0.15) is 0 Å². The van der Waals surface area contributed by atoms with E-state index in [2.05, 4.69) is 5.73 Å². The van der Waals surface area contributed by atoms with Gasteiger partial charge in [-0.15, -0.1) is 5.73 Å². The number of anilines is 1. The molecule has 1 aliphatic rings. The van der Waals surface area contributed by atoms with Gasteiger partial charge in [0.15, 0.2) is 5.60 Å². The highest BCUT2D eigenvalue weighted by Gasteiger charge is 2.48. The number of para-hydroxylation sites is 1. The monoisotopic (exact) mass is 439 g/mol. The highest BCUT2D eigenvalue weighted by molar-refractivity contribution is 6.08. The quantitative estimate of drug-likeness (QED) is 0.339. The molecule has 3 aromatic rings. The molecule has 0 radical (unpaired) electrons. The van der Waals surface area contributed by atoms with Crippen molar-refractivity contribution in [3.05, 3.63) is 119 Å². The van der Waals surface area contributed by atoms with Crippen LogP contribution >= 0.6 is 0 Å². The van der Waals surface area contributed by atoms with Crippen molar-refractivity contribution in [2.45, 2.75) is 25.5 Å². The van der Waals surface area contributed by atoms with Gasteiger partial charge in [0.05, 0.1) is 24.4 Å². The molecule has 33 heavy (non-hydrogen) atoms. The SMILES string of the molecule is CCOC(=O)C(=C=CC1(O)C(=O)N(Cc2ccccc2)c2ccccc21)Cc1ccccc1. The van der Waals surface area contributed by atoms with E-state index < -0.39 is 17.5 Å². The molecule has 1 atom stereocenters. The largest absolute Gasteiger partial charge is 0.462 e. The Morgan fingerprint density at radius 1 is 0.970 bits per heavy atom. The van der Waals surface area contributed by atoms with E-state index in [0.717, 1.165) is 11.1 Å². The van der Waals surface area contributed by atoms with Crippen molar-refractivity contribution in [3.8, 4) is 0 Å². The lowest BCUT2D eigenvalue weighted by Gasteiger charge is -2.20. The van der Waals surface area contributed by atoms with E-state index in [0.29, 0.717) is 17.8 Å². The summed E-state index contributed by atoms with van der Waals surface area (Å²) in [5, 5.41) is 11.5. The minimum Gasteiger partial charge on any atom is -0.462 e. The van der Waals surface area contributed by atoms with Crippen molar-refractivity contribution in [2.75, 3.05) is 11.5 Å². The minimum atomic E-state index is -1.93. The van der Waals surface area contributed by atoms with Gasteiger partial charge in [-0.25, -0.2) is 4.79 Å². The van der Waals surface area contributed by atoms with E-state index in [1.165, 1.54) is 6.08 Å². The average Bonchev–Trinajstić information content (AvgIpc) is 3.05. The average molecular weight is 440 g/mol. The predicted octanol–water partition coefficient (Wildman–Crippen LogP) is 4.31. The summed E-state index contributed by atoms with van der Waals surface area (Å²) in [5.41, 5.74) is 4.16.